The summed E-state index contributed by atoms with van der Waals surface area (Å²) in [7, 11) is -5.38. The predicted octanol–water partition coefficient (Wildman–Crippen LogP) is 6.24. The largest absolute Gasteiger partial charge is 0.617 e. The Labute approximate surface area is 172 Å². The second-order valence-corrected chi connectivity index (χ2v) is 20.3. The van der Waals surface area contributed by atoms with Gasteiger partial charge in [-0.05, 0) is 10.6 Å². The standard InChI is InChI=1S/C18H28N2PSi2.CH3.Ti/c1-22(2,3)19-21(20-23(4,5)6,17-13-9-7-10-14-17)18-15-11-8-12-16-18;;/h7-16H,1-6H3;1H3;/q2*-1;. The van der Waals surface area contributed by atoms with Crippen LogP contribution < -0.4 is 10.6 Å². The molecular weight excluding hydrogens is 391 g/mol. The van der Waals surface area contributed by atoms with Gasteiger partial charge in [0, 0.05) is 21.7 Å². The minimum absolute atomic E-state index is 0. The van der Waals surface area contributed by atoms with Crippen molar-refractivity contribution in [2.75, 3.05) is 0 Å². The molecule has 0 aliphatic rings. The number of hydrogen-bond acceptors (Lipinski definition) is 1. The van der Waals surface area contributed by atoms with Crippen LogP contribution >= 0.6 is 7.21 Å². The van der Waals surface area contributed by atoms with E-state index in [0.717, 1.165) is 0 Å². The van der Waals surface area contributed by atoms with E-state index in [1.54, 1.807) is 0 Å². The molecule has 0 aliphatic carbocycles. The molecule has 6 heteroatoms. The summed E-state index contributed by atoms with van der Waals surface area (Å²) in [6, 6.07) is 21.5. The fourth-order valence-corrected chi connectivity index (χ4v) is 13.4. The van der Waals surface area contributed by atoms with Gasteiger partial charge in [-0.2, -0.15) is 0 Å². The first-order valence-corrected chi connectivity index (χ1v) is 16.7. The zero-order valence-electron chi connectivity index (χ0n) is 16.6. The minimum Gasteiger partial charge on any atom is -0.617 e. The summed E-state index contributed by atoms with van der Waals surface area (Å²) in [5, 5.41) is 2.58. The van der Waals surface area contributed by atoms with Gasteiger partial charge in [-0.15, -0.1) is 0 Å². The average Bonchev–Trinajstić information content (AvgIpc) is 2.45. The molecule has 0 N–H and O–H groups in total. The summed E-state index contributed by atoms with van der Waals surface area (Å²) in [5.41, 5.74) is 0. The molecule has 0 amide bonds. The molecule has 0 fully saturated rings. The Bertz CT molecular complexity index is 649. The van der Waals surface area contributed by atoms with E-state index in [9.17, 15) is 0 Å². The molecule has 2 aromatic rings. The monoisotopic (exact) mass is 422 g/mol. The number of nitrogens with zero attached hydrogens (tertiary/aromatic N) is 2. The van der Waals surface area contributed by atoms with Crippen LogP contribution in [0.1, 0.15) is 0 Å². The maximum atomic E-state index is 5.48. The van der Waals surface area contributed by atoms with Gasteiger partial charge < -0.3 is 16.6 Å². The van der Waals surface area contributed by atoms with Crippen LogP contribution in [0.15, 0.2) is 65.1 Å². The van der Waals surface area contributed by atoms with E-state index >= 15 is 0 Å². The fourth-order valence-electron chi connectivity index (χ4n) is 2.54. The number of rotatable bonds is 5. The van der Waals surface area contributed by atoms with Gasteiger partial charge in [0.2, 0.25) is 0 Å². The summed E-state index contributed by atoms with van der Waals surface area (Å²) in [6.45, 7) is 13.9. The van der Waals surface area contributed by atoms with Gasteiger partial charge in [-0.1, -0.05) is 115 Å². The van der Waals surface area contributed by atoms with Crippen molar-refractivity contribution in [3.63, 3.8) is 0 Å². The summed E-state index contributed by atoms with van der Waals surface area (Å²) < 4.78 is 11.0. The fraction of sp³-hybridized carbons (Fsp3) is 0.316. The molecule has 0 radical (unpaired) electrons. The molecule has 0 bridgehead atoms. The second kappa shape index (κ2) is 9.64. The van der Waals surface area contributed by atoms with E-state index in [1.165, 1.54) is 10.6 Å². The van der Waals surface area contributed by atoms with Crippen molar-refractivity contribution >= 4 is 34.3 Å². The van der Waals surface area contributed by atoms with Gasteiger partial charge in [0.15, 0.2) is 8.24 Å². The van der Waals surface area contributed by atoms with E-state index < -0.39 is 23.7 Å². The van der Waals surface area contributed by atoms with Crippen molar-refractivity contribution in [2.24, 2.45) is 4.41 Å². The summed E-state index contributed by atoms with van der Waals surface area (Å²) in [4.78, 5) is 0. The molecular formula is C19H31N2PSi2Ti-2. The first-order valence-electron chi connectivity index (χ1n) is 8.12. The van der Waals surface area contributed by atoms with Crippen molar-refractivity contribution < 1.29 is 21.7 Å². The van der Waals surface area contributed by atoms with Crippen LogP contribution in [-0.4, -0.2) is 16.5 Å². The SMILES string of the molecule is C[Si](C)(C)N=P([N-][Si](C)(C)C)(c1ccccc1)c1ccccc1.[CH3-].[Ti]. The maximum absolute atomic E-state index is 5.48. The molecule has 0 aromatic heterocycles. The van der Waals surface area contributed by atoms with Crippen LogP contribution in [0.4, 0.5) is 0 Å². The molecule has 25 heavy (non-hydrogen) atoms. The first kappa shape index (κ1) is 24.8. The van der Waals surface area contributed by atoms with E-state index in [1.807, 2.05) is 0 Å². The average molecular weight is 422 g/mol. The van der Waals surface area contributed by atoms with Gasteiger partial charge >= 0.3 is 0 Å². The van der Waals surface area contributed by atoms with E-state index in [0.29, 0.717) is 0 Å². The van der Waals surface area contributed by atoms with E-state index in [4.69, 9.17) is 9.16 Å². The summed E-state index contributed by atoms with van der Waals surface area (Å²) >= 11 is 0. The molecule has 136 valence electrons. The minimum atomic E-state index is -2.07. The third-order valence-corrected chi connectivity index (χ3v) is 12.3. The molecule has 0 unspecified atom stereocenters. The molecule has 2 nitrogen and oxygen atoms in total. The molecule has 2 aromatic carbocycles. The quantitative estimate of drug-likeness (QED) is 0.310. The third-order valence-electron chi connectivity index (χ3n) is 3.12. The van der Waals surface area contributed by atoms with Crippen molar-refractivity contribution in [3.8, 4) is 0 Å². The Balaban J connectivity index is 0.00000288. The number of hydrogen-bond donors (Lipinski definition) is 0. The van der Waals surface area contributed by atoms with Gasteiger partial charge in [0.25, 0.3) is 0 Å². The summed E-state index contributed by atoms with van der Waals surface area (Å²) in [6.07, 6.45) is 0. The Morgan fingerprint density at radius 2 is 1.08 bits per heavy atom. The Hall–Kier alpha value is -0.222. The summed E-state index contributed by atoms with van der Waals surface area (Å²) in [5.74, 6) is 0. The zero-order chi connectivity index (χ0) is 17.1. The van der Waals surface area contributed by atoms with Crippen molar-refractivity contribution in [1.82, 2.24) is 0 Å². The van der Waals surface area contributed by atoms with Crippen LogP contribution in [0, 0.1) is 7.43 Å². The predicted molar refractivity (Wildman–Crippen MR) is 118 cm³/mol. The topological polar surface area (TPSA) is 26.5 Å². The van der Waals surface area contributed by atoms with Crippen LogP contribution in [0.3, 0.4) is 0 Å². The van der Waals surface area contributed by atoms with Crippen molar-refractivity contribution in [3.05, 3.63) is 72.8 Å². The Morgan fingerprint density at radius 3 is 1.36 bits per heavy atom. The van der Waals surface area contributed by atoms with Crippen LogP contribution in [-0.2, 0) is 21.7 Å². The van der Waals surface area contributed by atoms with Crippen molar-refractivity contribution in [1.29, 1.82) is 0 Å². The van der Waals surface area contributed by atoms with E-state index in [2.05, 4.69) is 99.9 Å². The number of benzene rings is 2. The van der Waals surface area contributed by atoms with Crippen LogP contribution in [0.2, 0.25) is 39.3 Å². The molecule has 0 saturated heterocycles. The normalized spacial score (nSPS) is 11.9. The van der Waals surface area contributed by atoms with Crippen molar-refractivity contribution in [2.45, 2.75) is 39.3 Å². The molecule has 0 aliphatic heterocycles. The maximum Gasteiger partial charge on any atom is 0.168 e. The molecule has 2 rings (SSSR count). The molecule has 0 saturated carbocycles. The van der Waals surface area contributed by atoms with Crippen LogP contribution in [0.5, 0.6) is 0 Å². The molecule has 0 spiro atoms. The van der Waals surface area contributed by atoms with Crippen LogP contribution in [0.25, 0.3) is 4.75 Å². The van der Waals surface area contributed by atoms with Gasteiger partial charge in [-0.3, -0.25) is 0 Å². The van der Waals surface area contributed by atoms with E-state index in [-0.39, 0.29) is 29.1 Å². The smallest absolute Gasteiger partial charge is 0.168 e. The second-order valence-electron chi connectivity index (χ2n) is 7.81. The third kappa shape index (κ3) is 7.13. The molecule has 0 atom stereocenters. The Kier molecular flexibility index (Phi) is 9.55. The van der Waals surface area contributed by atoms with Gasteiger partial charge in [-0.25, -0.2) is 0 Å². The Morgan fingerprint density at radius 1 is 0.720 bits per heavy atom. The van der Waals surface area contributed by atoms with Gasteiger partial charge in [0.05, 0.1) is 0 Å². The van der Waals surface area contributed by atoms with Gasteiger partial charge in [0.1, 0.15) is 0 Å². The first-order chi connectivity index (χ1) is 10.6. The zero-order valence-corrected chi connectivity index (χ0v) is 21.1. The molecule has 0 heterocycles.